The molecule has 0 saturated heterocycles. The van der Waals surface area contributed by atoms with Crippen LogP contribution in [0.4, 0.5) is 4.79 Å². The zero-order chi connectivity index (χ0) is 15.7. The maximum absolute atomic E-state index is 12.6. The first kappa shape index (κ1) is 14.9. The molecule has 7 heteroatoms. The third kappa shape index (κ3) is 2.55. The molecule has 1 aromatic carbocycles. The standard InChI is InChI=1S/C15H16ClN3O3/c1-22-7-6-19-8-11-12(14(19)20)13(18-15(21)17-11)9-4-2-3-5-10(9)16/h2-5,13H,6-8H2,1H3,(H2,17,18,21). The van der Waals surface area contributed by atoms with Crippen molar-refractivity contribution in [1.29, 1.82) is 0 Å². The molecule has 2 aliphatic rings. The minimum Gasteiger partial charge on any atom is -0.383 e. The van der Waals surface area contributed by atoms with Gasteiger partial charge in [0.05, 0.1) is 30.5 Å². The average molecular weight is 322 g/mol. The van der Waals surface area contributed by atoms with Crippen molar-refractivity contribution in [3.8, 4) is 0 Å². The van der Waals surface area contributed by atoms with Gasteiger partial charge in [-0.15, -0.1) is 0 Å². The molecule has 0 spiro atoms. The summed E-state index contributed by atoms with van der Waals surface area (Å²) in [6.45, 7) is 1.31. The van der Waals surface area contributed by atoms with Crippen LogP contribution in [0.5, 0.6) is 0 Å². The molecule has 0 aliphatic carbocycles. The van der Waals surface area contributed by atoms with Crippen LogP contribution in [-0.2, 0) is 9.53 Å². The second-order valence-electron chi connectivity index (χ2n) is 5.16. The number of rotatable bonds is 4. The van der Waals surface area contributed by atoms with Gasteiger partial charge in [0.25, 0.3) is 5.91 Å². The van der Waals surface area contributed by atoms with Crippen LogP contribution in [-0.4, -0.2) is 43.6 Å². The van der Waals surface area contributed by atoms with Crippen molar-refractivity contribution in [3.63, 3.8) is 0 Å². The van der Waals surface area contributed by atoms with E-state index in [0.29, 0.717) is 41.6 Å². The number of hydrogen-bond donors (Lipinski definition) is 2. The maximum Gasteiger partial charge on any atom is 0.319 e. The zero-order valence-corrected chi connectivity index (χ0v) is 12.8. The van der Waals surface area contributed by atoms with Gasteiger partial charge in [-0.1, -0.05) is 29.8 Å². The smallest absolute Gasteiger partial charge is 0.319 e. The summed E-state index contributed by atoms with van der Waals surface area (Å²) in [6.07, 6.45) is 0. The number of nitrogens with zero attached hydrogens (tertiary/aromatic N) is 1. The predicted octanol–water partition coefficient (Wildman–Crippen LogP) is 1.44. The van der Waals surface area contributed by atoms with E-state index >= 15 is 0 Å². The van der Waals surface area contributed by atoms with Crippen LogP contribution in [0.25, 0.3) is 0 Å². The van der Waals surface area contributed by atoms with Gasteiger partial charge in [-0.25, -0.2) is 4.79 Å². The van der Waals surface area contributed by atoms with E-state index in [1.807, 2.05) is 18.2 Å². The lowest BCUT2D eigenvalue weighted by molar-refractivity contribution is -0.126. The molecule has 116 valence electrons. The summed E-state index contributed by atoms with van der Waals surface area (Å²) in [5, 5.41) is 6.02. The molecule has 1 atom stereocenters. The van der Waals surface area contributed by atoms with E-state index in [0.717, 1.165) is 0 Å². The van der Waals surface area contributed by atoms with Crippen LogP contribution in [0.3, 0.4) is 0 Å². The number of halogens is 1. The summed E-state index contributed by atoms with van der Waals surface area (Å²) in [7, 11) is 1.59. The molecular weight excluding hydrogens is 306 g/mol. The lowest BCUT2D eigenvalue weighted by Gasteiger charge is -2.26. The molecule has 0 saturated carbocycles. The molecule has 0 aromatic heterocycles. The Balaban J connectivity index is 1.95. The third-order valence-electron chi connectivity index (χ3n) is 3.80. The maximum atomic E-state index is 12.6. The fraction of sp³-hybridized carbons (Fsp3) is 0.333. The molecule has 22 heavy (non-hydrogen) atoms. The number of hydrogen-bond acceptors (Lipinski definition) is 3. The molecule has 3 amide bonds. The van der Waals surface area contributed by atoms with E-state index in [1.165, 1.54) is 0 Å². The SMILES string of the molecule is COCCN1CC2=C(C1=O)C(c1ccccc1Cl)NC(=O)N2. The first-order chi connectivity index (χ1) is 10.6. The molecule has 1 aromatic rings. The van der Waals surface area contributed by atoms with Crippen LogP contribution < -0.4 is 10.6 Å². The topological polar surface area (TPSA) is 70.7 Å². The Morgan fingerprint density at radius 3 is 2.86 bits per heavy atom. The number of carbonyl (C=O) groups is 2. The molecular formula is C15H16ClN3O3. The third-order valence-corrected chi connectivity index (χ3v) is 4.15. The Hall–Kier alpha value is -2.05. The number of ether oxygens (including phenoxy) is 1. The molecule has 0 fully saturated rings. The predicted molar refractivity (Wildman–Crippen MR) is 81.3 cm³/mol. The van der Waals surface area contributed by atoms with Crippen molar-refractivity contribution >= 4 is 23.5 Å². The van der Waals surface area contributed by atoms with Gasteiger partial charge < -0.3 is 20.3 Å². The van der Waals surface area contributed by atoms with Gasteiger partial charge in [-0.05, 0) is 11.6 Å². The van der Waals surface area contributed by atoms with Crippen molar-refractivity contribution in [1.82, 2.24) is 15.5 Å². The van der Waals surface area contributed by atoms with Crippen LogP contribution in [0, 0.1) is 0 Å². The van der Waals surface area contributed by atoms with Gasteiger partial charge in [0.2, 0.25) is 0 Å². The van der Waals surface area contributed by atoms with Crippen molar-refractivity contribution in [2.45, 2.75) is 6.04 Å². The molecule has 1 unspecified atom stereocenters. The van der Waals surface area contributed by atoms with Crippen molar-refractivity contribution in [2.75, 3.05) is 26.8 Å². The molecule has 3 rings (SSSR count). The second-order valence-corrected chi connectivity index (χ2v) is 5.57. The van der Waals surface area contributed by atoms with E-state index < -0.39 is 6.04 Å². The Bertz CT molecular complexity index is 659. The van der Waals surface area contributed by atoms with Crippen molar-refractivity contribution in [2.24, 2.45) is 0 Å². The Morgan fingerprint density at radius 1 is 1.36 bits per heavy atom. The highest BCUT2D eigenvalue weighted by molar-refractivity contribution is 6.31. The van der Waals surface area contributed by atoms with E-state index in [9.17, 15) is 9.59 Å². The summed E-state index contributed by atoms with van der Waals surface area (Å²) < 4.78 is 5.02. The van der Waals surface area contributed by atoms with Crippen molar-refractivity contribution < 1.29 is 14.3 Å². The number of methoxy groups -OCH3 is 1. The fourth-order valence-corrected chi connectivity index (χ4v) is 3.00. The first-order valence-electron chi connectivity index (χ1n) is 6.95. The molecule has 0 bridgehead atoms. The lowest BCUT2D eigenvalue weighted by Crippen LogP contribution is -2.44. The minimum atomic E-state index is -0.530. The van der Waals surface area contributed by atoms with Gasteiger partial charge >= 0.3 is 6.03 Å². The van der Waals surface area contributed by atoms with Gasteiger partial charge in [0.15, 0.2) is 0 Å². The van der Waals surface area contributed by atoms with Crippen molar-refractivity contribution in [3.05, 3.63) is 46.1 Å². The highest BCUT2D eigenvalue weighted by Gasteiger charge is 2.40. The van der Waals surface area contributed by atoms with Crippen LogP contribution in [0.2, 0.25) is 5.02 Å². The zero-order valence-electron chi connectivity index (χ0n) is 12.1. The number of urea groups is 1. The first-order valence-corrected chi connectivity index (χ1v) is 7.33. The van der Waals surface area contributed by atoms with Crippen LogP contribution in [0.1, 0.15) is 11.6 Å². The number of amides is 3. The second kappa shape index (κ2) is 5.98. The molecule has 2 aliphatic heterocycles. The van der Waals surface area contributed by atoms with E-state index in [-0.39, 0.29) is 11.9 Å². The summed E-state index contributed by atoms with van der Waals surface area (Å²) in [5.74, 6) is -0.107. The number of carbonyl (C=O) groups excluding carboxylic acids is 2. The van der Waals surface area contributed by atoms with Gasteiger partial charge in [0.1, 0.15) is 0 Å². The monoisotopic (exact) mass is 321 g/mol. The van der Waals surface area contributed by atoms with Gasteiger partial charge in [-0.3, -0.25) is 4.79 Å². The summed E-state index contributed by atoms with van der Waals surface area (Å²) in [5.41, 5.74) is 1.90. The largest absolute Gasteiger partial charge is 0.383 e. The molecule has 2 N–H and O–H groups in total. The summed E-state index contributed by atoms with van der Waals surface area (Å²) in [6, 6.07) is 6.34. The number of nitrogens with one attached hydrogen (secondary N) is 2. The van der Waals surface area contributed by atoms with E-state index in [4.69, 9.17) is 16.3 Å². The number of benzene rings is 1. The normalized spacial score (nSPS) is 20.8. The highest BCUT2D eigenvalue weighted by Crippen LogP contribution is 2.35. The average Bonchev–Trinajstić information content (AvgIpc) is 2.81. The van der Waals surface area contributed by atoms with E-state index in [2.05, 4.69) is 10.6 Å². The fourth-order valence-electron chi connectivity index (χ4n) is 2.75. The quantitative estimate of drug-likeness (QED) is 0.881. The lowest BCUT2D eigenvalue weighted by atomic mass is 9.96. The molecule has 0 radical (unpaired) electrons. The Labute approximate surface area is 133 Å². The minimum absolute atomic E-state index is 0.107. The Morgan fingerprint density at radius 2 is 2.14 bits per heavy atom. The van der Waals surface area contributed by atoms with Crippen LogP contribution in [0.15, 0.2) is 35.5 Å². The highest BCUT2D eigenvalue weighted by atomic mass is 35.5. The summed E-state index contributed by atoms with van der Waals surface area (Å²) >= 11 is 6.22. The van der Waals surface area contributed by atoms with Gasteiger partial charge in [-0.2, -0.15) is 0 Å². The summed E-state index contributed by atoms with van der Waals surface area (Å²) in [4.78, 5) is 26.2. The van der Waals surface area contributed by atoms with Crippen LogP contribution >= 0.6 is 11.6 Å². The molecule has 2 heterocycles. The van der Waals surface area contributed by atoms with Gasteiger partial charge in [0, 0.05) is 18.7 Å². The Kier molecular flexibility index (Phi) is 4.04. The molecule has 6 nitrogen and oxygen atoms in total. The van der Waals surface area contributed by atoms with E-state index in [1.54, 1.807) is 18.1 Å².